The first-order valence-corrected chi connectivity index (χ1v) is 7.58. The van der Waals surface area contributed by atoms with E-state index in [1.165, 1.54) is 17.4 Å². The van der Waals surface area contributed by atoms with Crippen molar-refractivity contribution < 1.29 is 9.90 Å². The molecular weight excluding hydrogens is 304 g/mol. The molecule has 1 aromatic heterocycles. The van der Waals surface area contributed by atoms with Gasteiger partial charge in [0, 0.05) is 26.9 Å². The number of hydrogen-bond acceptors (Lipinski definition) is 2. The lowest BCUT2D eigenvalue weighted by Gasteiger charge is -2.06. The summed E-state index contributed by atoms with van der Waals surface area (Å²) in [6.07, 6.45) is 1.26. The van der Waals surface area contributed by atoms with Gasteiger partial charge in [-0.1, -0.05) is 48.0 Å². The zero-order valence-corrected chi connectivity index (χ0v) is 12.5. The quantitative estimate of drug-likeness (QED) is 0.685. The second-order valence-corrected chi connectivity index (χ2v) is 5.87. The summed E-state index contributed by atoms with van der Waals surface area (Å²) in [6.45, 7) is 0. The fourth-order valence-electron chi connectivity index (χ4n) is 2.25. The highest BCUT2D eigenvalue weighted by molar-refractivity contribution is 7.13. The fourth-order valence-corrected chi connectivity index (χ4v) is 3.49. The van der Waals surface area contributed by atoms with Gasteiger partial charge < -0.3 is 5.11 Å². The van der Waals surface area contributed by atoms with Crippen molar-refractivity contribution in [1.29, 1.82) is 0 Å². The van der Waals surface area contributed by atoms with Crippen molar-refractivity contribution in [2.45, 2.75) is 0 Å². The third-order valence-electron chi connectivity index (χ3n) is 3.16. The number of carbonyl (C=O) groups is 1. The molecule has 2 nitrogen and oxygen atoms in total. The van der Waals surface area contributed by atoms with Gasteiger partial charge in [-0.2, -0.15) is 0 Å². The lowest BCUT2D eigenvalue weighted by atomic mass is 10.0. The summed E-state index contributed by atoms with van der Waals surface area (Å²) in [5.41, 5.74) is 1.60. The van der Waals surface area contributed by atoms with Crippen molar-refractivity contribution in [3.8, 4) is 0 Å². The Hall–Kier alpha value is -2.10. The van der Waals surface area contributed by atoms with Gasteiger partial charge in [-0.25, -0.2) is 4.79 Å². The van der Waals surface area contributed by atoms with Crippen LogP contribution in [0.5, 0.6) is 0 Å². The Morgan fingerprint density at radius 2 is 1.90 bits per heavy atom. The van der Waals surface area contributed by atoms with Crippen LogP contribution in [0.25, 0.3) is 16.3 Å². The van der Waals surface area contributed by atoms with Crippen LogP contribution in [-0.4, -0.2) is 11.1 Å². The summed E-state index contributed by atoms with van der Waals surface area (Å²) in [6, 6.07) is 15.2. The lowest BCUT2D eigenvalue weighted by Crippen LogP contribution is -1.93. The molecule has 0 unspecified atom stereocenters. The van der Waals surface area contributed by atoms with Gasteiger partial charge in [-0.15, -0.1) is 11.3 Å². The molecule has 104 valence electrons. The highest BCUT2D eigenvalue weighted by Crippen LogP contribution is 2.36. The molecule has 0 amide bonds. The molecule has 2 aromatic carbocycles. The maximum atomic E-state index is 11.2. The minimum absolute atomic E-state index is 0.676. The Labute approximate surface area is 130 Å². The highest BCUT2D eigenvalue weighted by Gasteiger charge is 2.13. The molecule has 0 radical (unpaired) electrons. The standard InChI is InChI=1S/C17H11ClO2S/c18-13-6-7-14-12(8-13)10-21-17(14)15(9-16(19)20)11-4-2-1-3-5-11/h1-10H,(H,19,20)/b15-9-. The van der Waals surface area contributed by atoms with E-state index in [4.69, 9.17) is 16.7 Å². The number of hydrogen-bond donors (Lipinski definition) is 1. The van der Waals surface area contributed by atoms with Crippen LogP contribution >= 0.6 is 22.9 Å². The predicted molar refractivity (Wildman–Crippen MR) is 88.0 cm³/mol. The van der Waals surface area contributed by atoms with Gasteiger partial charge in [0.1, 0.15) is 0 Å². The van der Waals surface area contributed by atoms with Crippen molar-refractivity contribution in [1.82, 2.24) is 0 Å². The van der Waals surface area contributed by atoms with Crippen LogP contribution in [0.3, 0.4) is 0 Å². The van der Waals surface area contributed by atoms with Crippen molar-refractivity contribution in [3.05, 3.63) is 75.5 Å². The van der Waals surface area contributed by atoms with Gasteiger partial charge in [0.05, 0.1) is 0 Å². The molecule has 0 aliphatic heterocycles. The van der Waals surface area contributed by atoms with E-state index in [0.717, 1.165) is 21.2 Å². The van der Waals surface area contributed by atoms with Crippen LogP contribution in [0, 0.1) is 0 Å². The minimum atomic E-state index is -0.954. The zero-order valence-electron chi connectivity index (χ0n) is 10.9. The van der Waals surface area contributed by atoms with Gasteiger partial charge in [0.25, 0.3) is 0 Å². The molecule has 4 heteroatoms. The Morgan fingerprint density at radius 1 is 1.14 bits per heavy atom. The van der Waals surface area contributed by atoms with Gasteiger partial charge in [-0.05, 0) is 28.5 Å². The first-order chi connectivity index (χ1) is 10.1. The Balaban J connectivity index is 2.23. The summed E-state index contributed by atoms with van der Waals surface area (Å²) < 4.78 is 0. The fraction of sp³-hybridized carbons (Fsp3) is 0. The van der Waals surface area contributed by atoms with E-state index in [1.807, 2.05) is 53.9 Å². The SMILES string of the molecule is O=C(O)/C=C(/c1ccccc1)c1scc2cc(Cl)ccc12. The smallest absolute Gasteiger partial charge is 0.328 e. The summed E-state index contributed by atoms with van der Waals surface area (Å²) >= 11 is 7.53. The summed E-state index contributed by atoms with van der Waals surface area (Å²) in [5, 5.41) is 13.9. The van der Waals surface area contributed by atoms with E-state index in [2.05, 4.69) is 0 Å². The molecule has 0 saturated carbocycles. The molecule has 1 heterocycles. The number of benzene rings is 2. The summed E-state index contributed by atoms with van der Waals surface area (Å²) in [5.74, 6) is -0.954. The topological polar surface area (TPSA) is 37.3 Å². The van der Waals surface area contributed by atoms with E-state index in [9.17, 15) is 4.79 Å². The number of aliphatic carboxylic acids is 1. The van der Waals surface area contributed by atoms with Crippen LogP contribution < -0.4 is 0 Å². The molecule has 0 atom stereocenters. The number of carboxylic acids is 1. The Morgan fingerprint density at radius 3 is 2.62 bits per heavy atom. The second-order valence-electron chi connectivity index (χ2n) is 4.56. The Bertz CT molecular complexity index is 834. The maximum Gasteiger partial charge on any atom is 0.328 e. The molecule has 21 heavy (non-hydrogen) atoms. The van der Waals surface area contributed by atoms with Crippen LogP contribution in [0.4, 0.5) is 0 Å². The van der Waals surface area contributed by atoms with Crippen molar-refractivity contribution in [2.24, 2.45) is 0 Å². The molecule has 3 rings (SSSR count). The molecule has 0 aliphatic carbocycles. The maximum absolute atomic E-state index is 11.2. The number of carboxylic acid groups (broad SMARTS) is 1. The van der Waals surface area contributed by atoms with Crippen LogP contribution in [0.2, 0.25) is 5.02 Å². The third kappa shape index (κ3) is 2.84. The first-order valence-electron chi connectivity index (χ1n) is 6.32. The van der Waals surface area contributed by atoms with Crippen LogP contribution in [-0.2, 0) is 4.79 Å². The van der Waals surface area contributed by atoms with Gasteiger partial charge >= 0.3 is 5.97 Å². The van der Waals surface area contributed by atoms with E-state index < -0.39 is 5.97 Å². The largest absolute Gasteiger partial charge is 0.478 e. The van der Waals surface area contributed by atoms with Crippen molar-refractivity contribution >= 4 is 45.3 Å². The molecule has 0 saturated heterocycles. The number of rotatable bonds is 3. The van der Waals surface area contributed by atoms with E-state index in [-0.39, 0.29) is 0 Å². The average molecular weight is 315 g/mol. The highest BCUT2D eigenvalue weighted by atomic mass is 35.5. The third-order valence-corrected chi connectivity index (χ3v) is 4.44. The van der Waals surface area contributed by atoms with Gasteiger partial charge in [-0.3, -0.25) is 0 Å². The van der Waals surface area contributed by atoms with E-state index in [1.54, 1.807) is 0 Å². The summed E-state index contributed by atoms with van der Waals surface area (Å²) in [4.78, 5) is 12.1. The molecule has 3 aromatic rings. The zero-order chi connectivity index (χ0) is 14.8. The molecule has 0 fully saturated rings. The molecule has 0 spiro atoms. The molecule has 0 bridgehead atoms. The number of halogens is 1. The number of thiophene rings is 1. The van der Waals surface area contributed by atoms with Crippen molar-refractivity contribution in [3.63, 3.8) is 0 Å². The first kappa shape index (κ1) is 13.9. The average Bonchev–Trinajstić information content (AvgIpc) is 2.88. The number of fused-ring (bicyclic) bond motifs is 1. The minimum Gasteiger partial charge on any atom is -0.478 e. The summed E-state index contributed by atoms with van der Waals surface area (Å²) in [7, 11) is 0. The Kier molecular flexibility index (Phi) is 3.78. The van der Waals surface area contributed by atoms with Gasteiger partial charge in [0.2, 0.25) is 0 Å². The van der Waals surface area contributed by atoms with Crippen LogP contribution in [0.1, 0.15) is 10.4 Å². The van der Waals surface area contributed by atoms with Crippen molar-refractivity contribution in [2.75, 3.05) is 0 Å². The van der Waals surface area contributed by atoms with Crippen LogP contribution in [0.15, 0.2) is 60.0 Å². The van der Waals surface area contributed by atoms with E-state index >= 15 is 0 Å². The van der Waals surface area contributed by atoms with E-state index in [0.29, 0.717) is 10.6 Å². The van der Waals surface area contributed by atoms with Gasteiger partial charge in [0.15, 0.2) is 0 Å². The molecule has 1 N–H and O–H groups in total. The predicted octanol–water partition coefficient (Wildman–Crippen LogP) is 5.07. The normalized spacial score (nSPS) is 11.8. The molecule has 0 aliphatic rings. The lowest BCUT2D eigenvalue weighted by molar-refractivity contribution is -0.131. The molecular formula is C17H11ClO2S. The second kappa shape index (κ2) is 5.72. The monoisotopic (exact) mass is 314 g/mol.